The molecule has 1 heterocycles. The van der Waals surface area contributed by atoms with Crippen LogP contribution in [0, 0.1) is 11.8 Å². The highest BCUT2D eigenvalue weighted by molar-refractivity contribution is 5.88. The van der Waals surface area contributed by atoms with E-state index in [2.05, 4.69) is 5.32 Å². The number of halogens is 1. The zero-order valence-electron chi connectivity index (χ0n) is 16.1. The van der Waals surface area contributed by atoms with Gasteiger partial charge < -0.3 is 20.7 Å². The maximum Gasteiger partial charge on any atom is 0.245 e. The molecule has 148 valence electrons. The van der Waals surface area contributed by atoms with Gasteiger partial charge in [0.2, 0.25) is 11.8 Å². The molecule has 1 rings (SSSR count). The summed E-state index contributed by atoms with van der Waals surface area (Å²) in [6.45, 7) is 10.7. The molecule has 7 heteroatoms. The topological polar surface area (TPSA) is 84.7 Å². The van der Waals surface area contributed by atoms with Crippen LogP contribution in [-0.2, 0) is 14.3 Å². The van der Waals surface area contributed by atoms with Crippen LogP contribution in [0.1, 0.15) is 53.4 Å². The molecule has 1 fully saturated rings. The lowest BCUT2D eigenvalue weighted by Gasteiger charge is -2.35. The minimum absolute atomic E-state index is 0. The number of likely N-dealkylation sites (tertiary alicyclic amines) is 1. The fraction of sp³-hybridized carbons (Fsp3) is 0.889. The average molecular weight is 378 g/mol. The van der Waals surface area contributed by atoms with Gasteiger partial charge in [0.05, 0.1) is 6.10 Å². The van der Waals surface area contributed by atoms with Crippen LogP contribution in [0.15, 0.2) is 0 Å². The van der Waals surface area contributed by atoms with Crippen LogP contribution in [0.5, 0.6) is 0 Å². The third-order valence-corrected chi connectivity index (χ3v) is 4.30. The van der Waals surface area contributed by atoms with Crippen LogP contribution in [-0.4, -0.2) is 55.1 Å². The molecule has 6 nitrogen and oxygen atoms in total. The second kappa shape index (κ2) is 12.5. The van der Waals surface area contributed by atoms with Gasteiger partial charge in [-0.2, -0.15) is 0 Å². The maximum atomic E-state index is 12.8. The number of carbonyl (C=O) groups excluding carboxylic acids is 2. The molecule has 3 N–H and O–H groups in total. The Hall–Kier alpha value is -0.850. The second-order valence-corrected chi connectivity index (χ2v) is 7.42. The molecule has 0 spiro atoms. The first kappa shape index (κ1) is 24.1. The number of piperidine rings is 1. The molecular weight excluding hydrogens is 342 g/mol. The number of nitrogens with one attached hydrogen (secondary N) is 1. The molecule has 1 aliphatic rings. The van der Waals surface area contributed by atoms with Crippen LogP contribution < -0.4 is 11.1 Å². The highest BCUT2D eigenvalue weighted by Crippen LogP contribution is 2.17. The summed E-state index contributed by atoms with van der Waals surface area (Å²) in [7, 11) is 0. The van der Waals surface area contributed by atoms with Gasteiger partial charge in [-0.05, 0) is 37.6 Å². The van der Waals surface area contributed by atoms with E-state index in [0.29, 0.717) is 32.7 Å². The lowest BCUT2D eigenvalue weighted by Crippen LogP contribution is -2.53. The Kier molecular flexibility index (Phi) is 12.1. The number of rotatable bonds is 9. The van der Waals surface area contributed by atoms with Gasteiger partial charge in [0, 0.05) is 26.1 Å². The van der Waals surface area contributed by atoms with Crippen LogP contribution in [0.4, 0.5) is 0 Å². The Bertz CT molecular complexity index is 397. The molecule has 25 heavy (non-hydrogen) atoms. The lowest BCUT2D eigenvalue weighted by atomic mass is 9.99. The van der Waals surface area contributed by atoms with Gasteiger partial charge in [0.1, 0.15) is 6.04 Å². The number of nitrogens with zero attached hydrogens (tertiary/aromatic N) is 1. The molecule has 1 unspecified atom stereocenters. The Morgan fingerprint density at radius 3 is 2.28 bits per heavy atom. The van der Waals surface area contributed by atoms with Gasteiger partial charge in [-0.15, -0.1) is 12.4 Å². The fourth-order valence-electron chi connectivity index (χ4n) is 2.89. The molecular formula is C18H36ClN3O3. The van der Waals surface area contributed by atoms with E-state index in [1.165, 1.54) is 0 Å². The second-order valence-electron chi connectivity index (χ2n) is 7.42. The van der Waals surface area contributed by atoms with Gasteiger partial charge >= 0.3 is 0 Å². The molecule has 0 aliphatic carbocycles. The summed E-state index contributed by atoms with van der Waals surface area (Å²) in [5, 5.41) is 2.92. The van der Waals surface area contributed by atoms with Crippen molar-refractivity contribution in [2.24, 2.45) is 17.6 Å². The molecule has 0 bridgehead atoms. The van der Waals surface area contributed by atoms with Gasteiger partial charge in [-0.3, -0.25) is 9.59 Å². The third kappa shape index (κ3) is 8.88. The van der Waals surface area contributed by atoms with Crippen molar-refractivity contribution in [3.05, 3.63) is 0 Å². The monoisotopic (exact) mass is 377 g/mol. The summed E-state index contributed by atoms with van der Waals surface area (Å²) < 4.78 is 5.78. The van der Waals surface area contributed by atoms with Gasteiger partial charge in [-0.1, -0.05) is 27.7 Å². The van der Waals surface area contributed by atoms with Gasteiger partial charge in [-0.25, -0.2) is 0 Å². The first-order valence-electron chi connectivity index (χ1n) is 9.25. The molecule has 0 aromatic heterocycles. The first-order chi connectivity index (χ1) is 11.3. The number of hydrogen-bond acceptors (Lipinski definition) is 4. The van der Waals surface area contributed by atoms with Crippen molar-refractivity contribution in [1.29, 1.82) is 0 Å². The quantitative estimate of drug-likeness (QED) is 0.601. The van der Waals surface area contributed by atoms with Gasteiger partial charge in [0.15, 0.2) is 0 Å². The van der Waals surface area contributed by atoms with Crippen LogP contribution in [0.25, 0.3) is 0 Å². The van der Waals surface area contributed by atoms with E-state index in [0.717, 1.165) is 19.3 Å². The summed E-state index contributed by atoms with van der Waals surface area (Å²) >= 11 is 0. The summed E-state index contributed by atoms with van der Waals surface area (Å²) in [5.74, 6) is 0.348. The van der Waals surface area contributed by atoms with E-state index in [1.54, 1.807) is 0 Å². The molecule has 0 radical (unpaired) electrons. The minimum atomic E-state index is -0.439. The Morgan fingerprint density at radius 2 is 1.80 bits per heavy atom. The number of ether oxygens (including phenoxy) is 1. The largest absolute Gasteiger partial charge is 0.378 e. The number of hydrogen-bond donors (Lipinski definition) is 2. The fourth-order valence-corrected chi connectivity index (χ4v) is 2.89. The summed E-state index contributed by atoms with van der Waals surface area (Å²) in [6, 6.07) is -0.439. The van der Waals surface area contributed by atoms with Crippen molar-refractivity contribution in [2.45, 2.75) is 65.5 Å². The van der Waals surface area contributed by atoms with E-state index in [9.17, 15) is 9.59 Å². The van der Waals surface area contributed by atoms with Crippen LogP contribution in [0.3, 0.4) is 0 Å². The smallest absolute Gasteiger partial charge is 0.245 e. The Balaban J connectivity index is 0.00000576. The van der Waals surface area contributed by atoms with E-state index in [1.807, 2.05) is 32.6 Å². The summed E-state index contributed by atoms with van der Waals surface area (Å²) in [6.07, 6.45) is 3.24. The lowest BCUT2D eigenvalue weighted by molar-refractivity contribution is -0.140. The van der Waals surface area contributed by atoms with Crippen LogP contribution in [0.2, 0.25) is 0 Å². The predicted molar refractivity (Wildman–Crippen MR) is 103 cm³/mol. The van der Waals surface area contributed by atoms with E-state index in [-0.39, 0.29) is 42.2 Å². The molecule has 0 aromatic rings. The normalized spacial score (nSPS) is 16.7. The summed E-state index contributed by atoms with van der Waals surface area (Å²) in [4.78, 5) is 26.7. The van der Waals surface area contributed by atoms with E-state index >= 15 is 0 Å². The minimum Gasteiger partial charge on any atom is -0.378 e. The van der Waals surface area contributed by atoms with Gasteiger partial charge in [0.25, 0.3) is 0 Å². The molecule has 1 aliphatic heterocycles. The number of carbonyl (C=O) groups is 2. The van der Waals surface area contributed by atoms with Crippen molar-refractivity contribution in [2.75, 3.05) is 26.2 Å². The SMILES string of the molecule is CC(C)CC(=O)NC(C(=O)N1CCC(OCCCN)CC1)C(C)C.Cl. The van der Waals surface area contributed by atoms with Crippen molar-refractivity contribution >= 4 is 24.2 Å². The maximum absolute atomic E-state index is 12.8. The molecule has 0 aromatic carbocycles. The predicted octanol–water partition coefficient (Wildman–Crippen LogP) is 1.95. The summed E-state index contributed by atoms with van der Waals surface area (Å²) in [5.41, 5.74) is 5.47. The van der Waals surface area contributed by atoms with E-state index in [4.69, 9.17) is 10.5 Å². The van der Waals surface area contributed by atoms with Crippen molar-refractivity contribution in [3.63, 3.8) is 0 Å². The number of amides is 2. The highest BCUT2D eigenvalue weighted by atomic mass is 35.5. The standard InChI is InChI=1S/C18H35N3O3.ClH/c1-13(2)12-16(22)20-17(14(3)4)18(23)21-9-6-15(7-10-21)24-11-5-8-19;/h13-15,17H,5-12,19H2,1-4H3,(H,20,22);1H. The molecule has 1 saturated heterocycles. The van der Waals surface area contributed by atoms with Crippen molar-refractivity contribution in [3.8, 4) is 0 Å². The third-order valence-electron chi connectivity index (χ3n) is 4.30. The zero-order chi connectivity index (χ0) is 18.1. The highest BCUT2D eigenvalue weighted by Gasteiger charge is 2.31. The first-order valence-corrected chi connectivity index (χ1v) is 9.25. The van der Waals surface area contributed by atoms with Crippen molar-refractivity contribution in [1.82, 2.24) is 10.2 Å². The van der Waals surface area contributed by atoms with Crippen molar-refractivity contribution < 1.29 is 14.3 Å². The average Bonchev–Trinajstić information content (AvgIpc) is 2.52. The molecule has 1 atom stereocenters. The van der Waals surface area contributed by atoms with Crippen LogP contribution >= 0.6 is 12.4 Å². The molecule has 0 saturated carbocycles. The Morgan fingerprint density at radius 1 is 1.20 bits per heavy atom. The Labute approximate surface area is 158 Å². The van der Waals surface area contributed by atoms with E-state index < -0.39 is 6.04 Å². The molecule has 2 amide bonds. The zero-order valence-corrected chi connectivity index (χ0v) is 16.9. The number of nitrogens with two attached hydrogens (primary N) is 1.